The molecule has 8 heteroatoms. The minimum Gasteiger partial charge on any atom is -0.414 e. The third-order valence-electron chi connectivity index (χ3n) is 3.19. The standard InChI is InChI=1S/C11H18N4O4/c1-14-3-4-15(5-8(14)6-16)11(17)10-13-12-9(19-10)7-18-2/h8,16H,3-7H2,1-2H3. The number of carbonyl (C=O) groups excluding carboxylic acids is 1. The maximum absolute atomic E-state index is 12.2. The summed E-state index contributed by atoms with van der Waals surface area (Å²) in [4.78, 5) is 15.8. The Kier molecular flexibility index (Phi) is 4.46. The lowest BCUT2D eigenvalue weighted by Crippen LogP contribution is -2.54. The van der Waals surface area contributed by atoms with E-state index in [0.717, 1.165) is 0 Å². The van der Waals surface area contributed by atoms with Gasteiger partial charge in [-0.3, -0.25) is 9.69 Å². The van der Waals surface area contributed by atoms with Crippen LogP contribution >= 0.6 is 0 Å². The zero-order chi connectivity index (χ0) is 13.8. The first-order chi connectivity index (χ1) is 9.15. The van der Waals surface area contributed by atoms with Crippen LogP contribution in [0.3, 0.4) is 0 Å². The van der Waals surface area contributed by atoms with Crippen LogP contribution in [0.1, 0.15) is 16.6 Å². The Morgan fingerprint density at radius 1 is 1.53 bits per heavy atom. The minimum atomic E-state index is -0.304. The van der Waals surface area contributed by atoms with E-state index in [1.54, 1.807) is 4.90 Å². The number of piperazine rings is 1. The maximum Gasteiger partial charge on any atom is 0.311 e. The summed E-state index contributed by atoms with van der Waals surface area (Å²) in [5.41, 5.74) is 0. The number of amides is 1. The summed E-state index contributed by atoms with van der Waals surface area (Å²) in [7, 11) is 3.43. The van der Waals surface area contributed by atoms with Gasteiger partial charge in [0.1, 0.15) is 6.61 Å². The van der Waals surface area contributed by atoms with Crippen LogP contribution in [0.2, 0.25) is 0 Å². The predicted molar refractivity (Wildman–Crippen MR) is 64.4 cm³/mol. The van der Waals surface area contributed by atoms with Gasteiger partial charge in [0, 0.05) is 26.7 Å². The first-order valence-corrected chi connectivity index (χ1v) is 6.07. The summed E-state index contributed by atoms with van der Waals surface area (Å²) in [5, 5.41) is 16.7. The fraction of sp³-hybridized carbons (Fsp3) is 0.727. The number of hydrogen-bond acceptors (Lipinski definition) is 7. The molecule has 1 unspecified atom stereocenters. The third-order valence-corrected chi connectivity index (χ3v) is 3.19. The van der Waals surface area contributed by atoms with E-state index in [4.69, 9.17) is 9.15 Å². The van der Waals surface area contributed by atoms with E-state index >= 15 is 0 Å². The largest absolute Gasteiger partial charge is 0.414 e. The summed E-state index contributed by atoms with van der Waals surface area (Å²) in [6.45, 7) is 1.93. The molecule has 106 valence electrons. The molecule has 0 bridgehead atoms. The second-order valence-electron chi connectivity index (χ2n) is 4.50. The molecular formula is C11H18N4O4. The van der Waals surface area contributed by atoms with Crippen molar-refractivity contribution < 1.29 is 19.1 Å². The Labute approximate surface area is 111 Å². The SMILES string of the molecule is COCc1nnc(C(=O)N2CCN(C)C(CO)C2)o1. The molecule has 1 atom stereocenters. The summed E-state index contributed by atoms with van der Waals surface area (Å²) in [5.74, 6) is -0.0617. The first kappa shape index (κ1) is 13.9. The Morgan fingerprint density at radius 3 is 3.00 bits per heavy atom. The number of methoxy groups -OCH3 is 1. The molecule has 1 N–H and O–H groups in total. The highest BCUT2D eigenvalue weighted by Crippen LogP contribution is 2.11. The molecule has 0 spiro atoms. The van der Waals surface area contributed by atoms with Crippen LogP contribution < -0.4 is 0 Å². The van der Waals surface area contributed by atoms with Crippen molar-refractivity contribution in [3.63, 3.8) is 0 Å². The quantitative estimate of drug-likeness (QED) is 0.747. The van der Waals surface area contributed by atoms with Gasteiger partial charge in [-0.25, -0.2) is 0 Å². The molecule has 1 aliphatic rings. The van der Waals surface area contributed by atoms with E-state index in [-0.39, 0.29) is 36.9 Å². The number of likely N-dealkylation sites (N-methyl/N-ethyl adjacent to an activating group) is 1. The normalized spacial score (nSPS) is 20.8. The Hall–Kier alpha value is -1.51. The molecule has 2 rings (SSSR count). The Bertz CT molecular complexity index is 436. The number of aliphatic hydroxyl groups excluding tert-OH is 1. The van der Waals surface area contributed by atoms with E-state index in [9.17, 15) is 9.90 Å². The fourth-order valence-corrected chi connectivity index (χ4v) is 1.98. The van der Waals surface area contributed by atoms with Crippen molar-refractivity contribution in [2.75, 3.05) is 40.4 Å². The third kappa shape index (κ3) is 3.09. The van der Waals surface area contributed by atoms with Crippen LogP contribution in [0.25, 0.3) is 0 Å². The van der Waals surface area contributed by atoms with Crippen molar-refractivity contribution in [2.24, 2.45) is 0 Å². The molecule has 1 aliphatic heterocycles. The predicted octanol–water partition coefficient (Wildman–Crippen LogP) is -1.04. The molecule has 0 saturated carbocycles. The van der Waals surface area contributed by atoms with Gasteiger partial charge in [0.15, 0.2) is 0 Å². The number of carbonyl (C=O) groups is 1. The number of aromatic nitrogens is 2. The average Bonchev–Trinajstić information content (AvgIpc) is 2.87. The molecule has 1 fully saturated rings. The van der Waals surface area contributed by atoms with Gasteiger partial charge in [-0.1, -0.05) is 0 Å². The zero-order valence-electron chi connectivity index (χ0n) is 11.1. The minimum absolute atomic E-state index is 0.0129. The summed E-state index contributed by atoms with van der Waals surface area (Å²) in [6.07, 6.45) is 0. The van der Waals surface area contributed by atoms with E-state index in [1.165, 1.54) is 7.11 Å². The van der Waals surface area contributed by atoms with Crippen molar-refractivity contribution >= 4 is 5.91 Å². The van der Waals surface area contributed by atoms with Gasteiger partial charge < -0.3 is 19.2 Å². The van der Waals surface area contributed by atoms with Crippen molar-refractivity contribution in [3.8, 4) is 0 Å². The van der Waals surface area contributed by atoms with Gasteiger partial charge in [0.2, 0.25) is 5.89 Å². The van der Waals surface area contributed by atoms with Crippen LogP contribution in [0.5, 0.6) is 0 Å². The number of aliphatic hydroxyl groups is 1. The first-order valence-electron chi connectivity index (χ1n) is 6.07. The summed E-state index contributed by atoms with van der Waals surface area (Å²) < 4.78 is 10.1. The fourth-order valence-electron chi connectivity index (χ4n) is 1.98. The lowest BCUT2D eigenvalue weighted by molar-refractivity contribution is 0.0387. The molecular weight excluding hydrogens is 252 g/mol. The highest BCUT2D eigenvalue weighted by molar-refractivity contribution is 5.89. The molecule has 0 aliphatic carbocycles. The van der Waals surface area contributed by atoms with Gasteiger partial charge >= 0.3 is 11.8 Å². The van der Waals surface area contributed by atoms with E-state index in [2.05, 4.69) is 10.2 Å². The van der Waals surface area contributed by atoms with Crippen LogP contribution in [0.15, 0.2) is 4.42 Å². The average molecular weight is 270 g/mol. The van der Waals surface area contributed by atoms with Gasteiger partial charge in [-0.2, -0.15) is 0 Å². The number of hydrogen-bond donors (Lipinski definition) is 1. The number of rotatable bonds is 4. The molecule has 1 amide bonds. The van der Waals surface area contributed by atoms with Crippen LogP contribution in [-0.2, 0) is 11.3 Å². The molecule has 19 heavy (non-hydrogen) atoms. The summed E-state index contributed by atoms with van der Waals surface area (Å²) >= 11 is 0. The maximum atomic E-state index is 12.2. The van der Waals surface area contributed by atoms with Crippen LogP contribution in [-0.4, -0.2) is 77.5 Å². The number of ether oxygens (including phenoxy) is 1. The second kappa shape index (κ2) is 6.09. The highest BCUT2D eigenvalue weighted by atomic mass is 16.5. The molecule has 1 aromatic heterocycles. The zero-order valence-corrected chi connectivity index (χ0v) is 11.1. The van der Waals surface area contributed by atoms with E-state index in [0.29, 0.717) is 19.6 Å². The summed E-state index contributed by atoms with van der Waals surface area (Å²) in [6, 6.07) is -0.0564. The van der Waals surface area contributed by atoms with Crippen LogP contribution in [0.4, 0.5) is 0 Å². The van der Waals surface area contributed by atoms with Crippen molar-refractivity contribution in [1.29, 1.82) is 0 Å². The van der Waals surface area contributed by atoms with Gasteiger partial charge in [-0.05, 0) is 7.05 Å². The molecule has 1 aromatic rings. The number of nitrogens with zero attached hydrogens (tertiary/aromatic N) is 4. The molecule has 1 saturated heterocycles. The lowest BCUT2D eigenvalue weighted by atomic mass is 10.2. The lowest BCUT2D eigenvalue weighted by Gasteiger charge is -2.37. The topological polar surface area (TPSA) is 91.9 Å². The molecule has 8 nitrogen and oxygen atoms in total. The van der Waals surface area contributed by atoms with Crippen molar-refractivity contribution in [1.82, 2.24) is 20.0 Å². The van der Waals surface area contributed by atoms with Crippen molar-refractivity contribution in [3.05, 3.63) is 11.8 Å². The Balaban J connectivity index is 2.02. The highest BCUT2D eigenvalue weighted by Gasteiger charge is 2.29. The van der Waals surface area contributed by atoms with Crippen LogP contribution in [0, 0.1) is 0 Å². The van der Waals surface area contributed by atoms with Gasteiger partial charge in [0.05, 0.1) is 12.6 Å². The van der Waals surface area contributed by atoms with E-state index in [1.807, 2.05) is 11.9 Å². The van der Waals surface area contributed by atoms with Crippen molar-refractivity contribution in [2.45, 2.75) is 12.6 Å². The molecule has 0 aromatic carbocycles. The molecule has 2 heterocycles. The van der Waals surface area contributed by atoms with E-state index < -0.39 is 0 Å². The molecule has 0 radical (unpaired) electrons. The Morgan fingerprint density at radius 2 is 2.32 bits per heavy atom. The smallest absolute Gasteiger partial charge is 0.311 e. The van der Waals surface area contributed by atoms with Gasteiger partial charge in [-0.15, -0.1) is 10.2 Å². The van der Waals surface area contributed by atoms with Gasteiger partial charge in [0.25, 0.3) is 0 Å². The second-order valence-corrected chi connectivity index (χ2v) is 4.50. The monoisotopic (exact) mass is 270 g/mol.